The number of anilines is 1. The second-order valence-corrected chi connectivity index (χ2v) is 11.6. The highest BCUT2D eigenvalue weighted by Gasteiger charge is 2.49. The molecule has 3 atom stereocenters. The van der Waals surface area contributed by atoms with Gasteiger partial charge in [-0.05, 0) is 63.9 Å². The van der Waals surface area contributed by atoms with E-state index in [1.165, 1.54) is 12.8 Å². The lowest BCUT2D eigenvalue weighted by Crippen LogP contribution is -2.59. The number of hydrogen-bond donors (Lipinski definition) is 1. The molecule has 1 spiro atoms. The molecule has 1 N–H and O–H groups in total. The van der Waals surface area contributed by atoms with Crippen LogP contribution in [-0.4, -0.2) is 62.2 Å². The van der Waals surface area contributed by atoms with E-state index in [1.54, 1.807) is 17.2 Å². The normalized spacial score (nSPS) is 30.9. The number of carbonyl (C=O) groups is 1. The maximum Gasteiger partial charge on any atom is 0.233 e. The van der Waals surface area contributed by atoms with Gasteiger partial charge in [0.25, 0.3) is 0 Å². The SMILES string of the molecule is C[C@H]1CCC[N+]1(c1ccc(N2CCCC3(CCN(Cc4ccco4)CC3)C2=O)c(F)c1)[C@H]1CCNC1. The Bertz CT molecular complexity index is 1070. The number of quaternary nitrogens is 1. The van der Waals surface area contributed by atoms with Crippen LogP contribution in [0.4, 0.5) is 15.8 Å². The van der Waals surface area contributed by atoms with Gasteiger partial charge >= 0.3 is 0 Å². The van der Waals surface area contributed by atoms with E-state index in [0.29, 0.717) is 24.3 Å². The molecule has 4 aliphatic rings. The van der Waals surface area contributed by atoms with Gasteiger partial charge < -0.3 is 14.6 Å². The van der Waals surface area contributed by atoms with Crippen LogP contribution in [0.1, 0.15) is 57.6 Å². The lowest BCUT2D eigenvalue weighted by atomic mass is 9.71. The van der Waals surface area contributed by atoms with Crippen molar-refractivity contribution in [3.63, 3.8) is 0 Å². The van der Waals surface area contributed by atoms with Crippen molar-refractivity contribution in [1.82, 2.24) is 14.7 Å². The number of furan rings is 1. The lowest BCUT2D eigenvalue weighted by molar-refractivity contribution is -0.133. The molecule has 0 aliphatic carbocycles. The van der Waals surface area contributed by atoms with E-state index in [4.69, 9.17) is 4.42 Å². The van der Waals surface area contributed by atoms with Gasteiger partial charge in [0.1, 0.15) is 17.5 Å². The van der Waals surface area contributed by atoms with Gasteiger partial charge in [0.2, 0.25) is 5.91 Å². The lowest BCUT2D eigenvalue weighted by Gasteiger charge is -2.46. The zero-order chi connectivity index (χ0) is 24.8. The number of hydrogen-bond acceptors (Lipinski definition) is 4. The van der Waals surface area contributed by atoms with Crippen molar-refractivity contribution in [3.8, 4) is 0 Å². The van der Waals surface area contributed by atoms with E-state index in [0.717, 1.165) is 87.3 Å². The molecule has 0 bridgehead atoms. The predicted molar refractivity (Wildman–Crippen MR) is 140 cm³/mol. The molecule has 0 radical (unpaired) electrons. The summed E-state index contributed by atoms with van der Waals surface area (Å²) in [7, 11) is 0. The summed E-state index contributed by atoms with van der Waals surface area (Å²) in [4.78, 5) is 18.0. The molecule has 0 saturated carbocycles. The molecule has 4 saturated heterocycles. The Morgan fingerprint density at radius 2 is 2.00 bits per heavy atom. The summed E-state index contributed by atoms with van der Waals surface area (Å²) in [5.41, 5.74) is 1.19. The van der Waals surface area contributed by atoms with Crippen molar-refractivity contribution in [3.05, 3.63) is 48.2 Å². The van der Waals surface area contributed by atoms with E-state index in [9.17, 15) is 4.79 Å². The summed E-state index contributed by atoms with van der Waals surface area (Å²) in [6.45, 7) is 8.57. The third-order valence-corrected chi connectivity index (χ3v) is 9.83. The molecule has 1 unspecified atom stereocenters. The van der Waals surface area contributed by atoms with E-state index < -0.39 is 0 Å². The van der Waals surface area contributed by atoms with Crippen molar-refractivity contribution in [2.75, 3.05) is 44.2 Å². The van der Waals surface area contributed by atoms with Gasteiger partial charge in [0.15, 0.2) is 5.82 Å². The molecule has 7 heteroatoms. The van der Waals surface area contributed by atoms with Crippen LogP contribution < -0.4 is 14.7 Å². The third kappa shape index (κ3) is 4.00. The van der Waals surface area contributed by atoms with Gasteiger partial charge in [-0.15, -0.1) is 0 Å². The average molecular weight is 496 g/mol. The molecule has 1 aromatic heterocycles. The summed E-state index contributed by atoms with van der Waals surface area (Å²) in [5.74, 6) is 0.845. The Morgan fingerprint density at radius 1 is 1.14 bits per heavy atom. The number of piperidine rings is 2. The number of rotatable bonds is 5. The van der Waals surface area contributed by atoms with Gasteiger partial charge in [-0.3, -0.25) is 14.2 Å². The zero-order valence-corrected chi connectivity index (χ0v) is 21.6. The highest BCUT2D eigenvalue weighted by molar-refractivity contribution is 5.98. The summed E-state index contributed by atoms with van der Waals surface area (Å²) >= 11 is 0. The van der Waals surface area contributed by atoms with Gasteiger partial charge in [-0.25, -0.2) is 4.39 Å². The molecular weight excluding hydrogens is 455 g/mol. The quantitative estimate of drug-likeness (QED) is 0.612. The van der Waals surface area contributed by atoms with Crippen molar-refractivity contribution >= 4 is 17.3 Å². The van der Waals surface area contributed by atoms with Crippen LogP contribution in [0.3, 0.4) is 0 Å². The van der Waals surface area contributed by atoms with E-state index in [1.807, 2.05) is 18.2 Å². The number of likely N-dealkylation sites (tertiary alicyclic amines) is 2. The molecule has 6 rings (SSSR count). The smallest absolute Gasteiger partial charge is 0.233 e. The second kappa shape index (κ2) is 9.58. The molecule has 6 nitrogen and oxygen atoms in total. The molecule has 194 valence electrons. The summed E-state index contributed by atoms with van der Waals surface area (Å²) in [6, 6.07) is 10.7. The highest BCUT2D eigenvalue weighted by Crippen LogP contribution is 2.45. The first-order valence-electron chi connectivity index (χ1n) is 14.0. The standard InChI is InChI=1S/C29H40FN4O2/c1-22-5-2-17-34(22,24-9-13-31-20-24)23-7-8-27(26(30)19-23)33-14-4-10-29(28(33)35)11-15-32(16-12-29)21-25-6-3-18-36-25/h3,6-8,18-19,22,24,31H,2,4-5,9-17,20-21H2,1H3/q+1/t22-,24-,34?/m0/s1. The van der Waals surface area contributed by atoms with Crippen molar-refractivity contribution in [2.24, 2.45) is 5.41 Å². The Labute approximate surface area is 214 Å². The summed E-state index contributed by atoms with van der Waals surface area (Å²) < 4.78 is 22.2. The van der Waals surface area contributed by atoms with Crippen LogP contribution in [-0.2, 0) is 11.3 Å². The number of nitrogens with zero attached hydrogens (tertiary/aromatic N) is 3. The Kier molecular flexibility index (Phi) is 6.42. The van der Waals surface area contributed by atoms with Crippen LogP contribution in [0.5, 0.6) is 0 Å². The average Bonchev–Trinajstić information content (AvgIpc) is 3.66. The van der Waals surface area contributed by atoms with Gasteiger partial charge in [-0.1, -0.05) is 0 Å². The molecule has 2 aromatic rings. The Morgan fingerprint density at radius 3 is 2.67 bits per heavy atom. The Hall–Kier alpha value is -2.22. The van der Waals surface area contributed by atoms with Gasteiger partial charge in [-0.2, -0.15) is 0 Å². The van der Waals surface area contributed by atoms with Crippen LogP contribution in [0.15, 0.2) is 41.0 Å². The van der Waals surface area contributed by atoms with Crippen molar-refractivity contribution < 1.29 is 13.6 Å². The maximum atomic E-state index is 15.8. The fourth-order valence-electron chi connectivity index (χ4n) is 7.77. The molecule has 1 amide bonds. The topological polar surface area (TPSA) is 48.7 Å². The molecule has 36 heavy (non-hydrogen) atoms. The van der Waals surface area contributed by atoms with Gasteiger partial charge in [0.05, 0.1) is 36.5 Å². The van der Waals surface area contributed by atoms with Crippen molar-refractivity contribution in [2.45, 2.75) is 70.5 Å². The van der Waals surface area contributed by atoms with Crippen LogP contribution in [0, 0.1) is 11.2 Å². The van der Waals surface area contributed by atoms with Gasteiger partial charge in [0, 0.05) is 51.0 Å². The fourth-order valence-corrected chi connectivity index (χ4v) is 7.77. The summed E-state index contributed by atoms with van der Waals surface area (Å²) in [5, 5.41) is 3.52. The van der Waals surface area contributed by atoms with Crippen LogP contribution in [0.25, 0.3) is 0 Å². The zero-order valence-electron chi connectivity index (χ0n) is 21.6. The first-order valence-corrected chi connectivity index (χ1v) is 14.0. The number of carbonyl (C=O) groups excluding carboxylic acids is 1. The molecule has 1 aromatic carbocycles. The van der Waals surface area contributed by atoms with Crippen molar-refractivity contribution in [1.29, 1.82) is 0 Å². The van der Waals surface area contributed by atoms with E-state index >= 15 is 4.39 Å². The number of benzene rings is 1. The summed E-state index contributed by atoms with van der Waals surface area (Å²) in [6.07, 6.45) is 8.71. The molecular formula is C29H40FN4O2+. The monoisotopic (exact) mass is 495 g/mol. The number of halogens is 1. The minimum atomic E-state index is -0.365. The first-order chi connectivity index (χ1) is 17.5. The first kappa shape index (κ1) is 24.1. The molecule has 4 aliphatic heterocycles. The van der Waals surface area contributed by atoms with Crippen LogP contribution in [0.2, 0.25) is 0 Å². The molecule has 5 heterocycles. The fraction of sp³-hybridized carbons (Fsp3) is 0.621. The van der Waals surface area contributed by atoms with E-state index in [2.05, 4.69) is 23.2 Å². The molecule has 4 fully saturated rings. The maximum absolute atomic E-state index is 15.8. The minimum absolute atomic E-state index is 0.122. The minimum Gasteiger partial charge on any atom is -0.468 e. The largest absolute Gasteiger partial charge is 0.468 e. The predicted octanol–water partition coefficient (Wildman–Crippen LogP) is 4.68. The number of amides is 1. The highest BCUT2D eigenvalue weighted by atomic mass is 19.1. The number of nitrogens with one attached hydrogen (secondary N) is 1. The second-order valence-electron chi connectivity index (χ2n) is 11.6. The Balaban J connectivity index is 1.21. The van der Waals surface area contributed by atoms with Crippen LogP contribution >= 0.6 is 0 Å². The third-order valence-electron chi connectivity index (χ3n) is 9.83. The van der Waals surface area contributed by atoms with E-state index in [-0.39, 0.29) is 17.1 Å².